The Balaban J connectivity index is 1.46. The Morgan fingerprint density at radius 3 is 2.82 bits per heavy atom. The average molecular weight is 480 g/mol. The summed E-state index contributed by atoms with van der Waals surface area (Å²) in [5.41, 5.74) is 2.26. The molecule has 180 valence electrons. The molecule has 1 amide bonds. The SMILES string of the molecule is Cc1cc2c(-c3cccs3)cnc(N[C@@H]3CCN(C)C[C@H]3C(=O)NC3CCCCC3)c2[nH]c1=O. The van der Waals surface area contributed by atoms with Crippen LogP contribution in [0.3, 0.4) is 0 Å². The molecule has 0 radical (unpaired) electrons. The van der Waals surface area contributed by atoms with Crippen LogP contribution < -0.4 is 16.2 Å². The van der Waals surface area contributed by atoms with E-state index in [0.29, 0.717) is 23.4 Å². The van der Waals surface area contributed by atoms with Gasteiger partial charge in [-0.1, -0.05) is 25.3 Å². The number of aromatic nitrogens is 2. The van der Waals surface area contributed by atoms with Crippen LogP contribution in [0.5, 0.6) is 0 Å². The number of likely N-dealkylation sites (tertiary alicyclic amines) is 1. The fourth-order valence-electron chi connectivity index (χ4n) is 5.32. The lowest BCUT2D eigenvalue weighted by molar-refractivity contribution is -0.127. The Kier molecular flexibility index (Phi) is 6.70. The summed E-state index contributed by atoms with van der Waals surface area (Å²) in [5, 5.41) is 9.90. The van der Waals surface area contributed by atoms with Gasteiger partial charge in [-0.2, -0.15) is 0 Å². The smallest absolute Gasteiger partial charge is 0.251 e. The van der Waals surface area contributed by atoms with Crippen LogP contribution >= 0.6 is 11.3 Å². The van der Waals surface area contributed by atoms with Crippen molar-refractivity contribution in [3.63, 3.8) is 0 Å². The number of thiophene rings is 1. The molecule has 0 unspecified atom stereocenters. The van der Waals surface area contributed by atoms with Crippen LogP contribution in [-0.2, 0) is 4.79 Å². The van der Waals surface area contributed by atoms with Gasteiger partial charge in [-0.15, -0.1) is 11.3 Å². The number of piperidine rings is 1. The Labute approximate surface area is 204 Å². The van der Waals surface area contributed by atoms with Crippen LogP contribution in [0.25, 0.3) is 21.3 Å². The Bertz CT molecular complexity index is 1220. The van der Waals surface area contributed by atoms with Crippen molar-refractivity contribution < 1.29 is 4.79 Å². The summed E-state index contributed by atoms with van der Waals surface area (Å²) in [5.74, 6) is 0.587. The second kappa shape index (κ2) is 9.88. The van der Waals surface area contributed by atoms with E-state index in [1.807, 2.05) is 30.6 Å². The molecule has 4 heterocycles. The predicted molar refractivity (Wildman–Crippen MR) is 138 cm³/mol. The molecule has 2 fully saturated rings. The number of hydrogen-bond donors (Lipinski definition) is 3. The molecule has 0 aromatic carbocycles. The monoisotopic (exact) mass is 479 g/mol. The van der Waals surface area contributed by atoms with Crippen molar-refractivity contribution >= 4 is 34.0 Å². The number of carbonyl (C=O) groups excluding carboxylic acids is 1. The number of amides is 1. The maximum absolute atomic E-state index is 13.3. The fraction of sp³-hybridized carbons (Fsp3) is 0.500. The summed E-state index contributed by atoms with van der Waals surface area (Å²) in [6.45, 7) is 3.44. The number of aryl methyl sites for hydroxylation is 1. The molecule has 1 saturated heterocycles. The Morgan fingerprint density at radius 2 is 2.06 bits per heavy atom. The van der Waals surface area contributed by atoms with Crippen LogP contribution in [0.15, 0.2) is 34.6 Å². The zero-order chi connectivity index (χ0) is 23.7. The van der Waals surface area contributed by atoms with E-state index < -0.39 is 0 Å². The first-order chi connectivity index (χ1) is 16.5. The van der Waals surface area contributed by atoms with Crippen LogP contribution in [0.2, 0.25) is 0 Å². The second-order valence-corrected chi connectivity index (χ2v) is 10.8. The summed E-state index contributed by atoms with van der Waals surface area (Å²) in [4.78, 5) is 37.0. The maximum atomic E-state index is 13.3. The molecule has 3 N–H and O–H groups in total. The lowest BCUT2D eigenvalue weighted by Crippen LogP contribution is -2.53. The molecule has 3 aromatic rings. The van der Waals surface area contributed by atoms with Crippen molar-refractivity contribution in [1.29, 1.82) is 0 Å². The molecule has 8 heteroatoms. The lowest BCUT2D eigenvalue weighted by Gasteiger charge is -2.37. The lowest BCUT2D eigenvalue weighted by atomic mass is 9.89. The van der Waals surface area contributed by atoms with E-state index in [4.69, 9.17) is 4.98 Å². The number of aromatic amines is 1. The fourth-order valence-corrected chi connectivity index (χ4v) is 6.07. The molecule has 1 saturated carbocycles. The predicted octanol–water partition coefficient (Wildman–Crippen LogP) is 4.14. The Hall–Kier alpha value is -2.71. The first kappa shape index (κ1) is 23.1. The van der Waals surface area contributed by atoms with Gasteiger partial charge >= 0.3 is 0 Å². The van der Waals surface area contributed by atoms with Crippen molar-refractivity contribution in [1.82, 2.24) is 20.2 Å². The highest BCUT2D eigenvalue weighted by atomic mass is 32.1. The summed E-state index contributed by atoms with van der Waals surface area (Å²) in [6, 6.07) is 6.27. The van der Waals surface area contributed by atoms with E-state index in [1.165, 1.54) is 19.3 Å². The molecule has 34 heavy (non-hydrogen) atoms. The minimum absolute atomic E-state index is 0.0483. The highest BCUT2D eigenvalue weighted by molar-refractivity contribution is 7.13. The Morgan fingerprint density at radius 1 is 1.24 bits per heavy atom. The van der Waals surface area contributed by atoms with Crippen molar-refractivity contribution in [3.05, 3.63) is 45.7 Å². The number of fused-ring (bicyclic) bond motifs is 1. The molecule has 0 bridgehead atoms. The second-order valence-electron chi connectivity index (χ2n) is 9.82. The van der Waals surface area contributed by atoms with Gasteiger partial charge in [-0.3, -0.25) is 9.59 Å². The van der Waals surface area contributed by atoms with Gasteiger partial charge in [0.15, 0.2) is 5.82 Å². The van der Waals surface area contributed by atoms with Gasteiger partial charge in [-0.05, 0) is 57.3 Å². The number of nitrogens with zero attached hydrogens (tertiary/aromatic N) is 2. The number of H-pyrrole nitrogens is 1. The van der Waals surface area contributed by atoms with Crippen molar-refractivity contribution in [2.24, 2.45) is 5.92 Å². The van der Waals surface area contributed by atoms with E-state index in [-0.39, 0.29) is 29.5 Å². The van der Waals surface area contributed by atoms with Gasteiger partial charge in [0.2, 0.25) is 5.91 Å². The van der Waals surface area contributed by atoms with Gasteiger partial charge in [0.05, 0.1) is 11.4 Å². The van der Waals surface area contributed by atoms with Crippen molar-refractivity contribution in [2.45, 2.75) is 57.5 Å². The van der Waals surface area contributed by atoms with E-state index in [1.54, 1.807) is 11.3 Å². The minimum atomic E-state index is -0.174. The van der Waals surface area contributed by atoms with Crippen LogP contribution in [0, 0.1) is 12.8 Å². The number of rotatable bonds is 5. The molecule has 1 aliphatic heterocycles. The highest BCUT2D eigenvalue weighted by Gasteiger charge is 2.35. The zero-order valence-electron chi connectivity index (χ0n) is 19.9. The van der Waals surface area contributed by atoms with Crippen molar-refractivity contribution in [3.8, 4) is 10.4 Å². The molecular formula is C26H33N5O2S. The maximum Gasteiger partial charge on any atom is 0.251 e. The minimum Gasteiger partial charge on any atom is -0.365 e. The highest BCUT2D eigenvalue weighted by Crippen LogP contribution is 2.34. The third-order valence-electron chi connectivity index (χ3n) is 7.29. The normalized spacial score (nSPS) is 22.1. The summed E-state index contributed by atoms with van der Waals surface area (Å²) in [7, 11) is 2.07. The number of hydrogen-bond acceptors (Lipinski definition) is 6. The number of nitrogens with one attached hydrogen (secondary N) is 3. The summed E-state index contributed by atoms with van der Waals surface area (Å²) < 4.78 is 0. The first-order valence-electron chi connectivity index (χ1n) is 12.3. The largest absolute Gasteiger partial charge is 0.365 e. The third-order valence-corrected chi connectivity index (χ3v) is 8.19. The van der Waals surface area contributed by atoms with E-state index in [2.05, 4.69) is 33.6 Å². The van der Waals surface area contributed by atoms with Gasteiger partial charge in [0.25, 0.3) is 5.56 Å². The van der Waals surface area contributed by atoms with Crippen LogP contribution in [0.4, 0.5) is 5.82 Å². The van der Waals surface area contributed by atoms with Gasteiger partial charge in [0.1, 0.15) is 0 Å². The summed E-state index contributed by atoms with van der Waals surface area (Å²) in [6.07, 6.45) is 8.51. The van der Waals surface area contributed by atoms with E-state index in [9.17, 15) is 9.59 Å². The topological polar surface area (TPSA) is 90.1 Å². The average Bonchev–Trinajstić information content (AvgIpc) is 3.37. The van der Waals surface area contributed by atoms with Crippen LogP contribution in [0.1, 0.15) is 44.1 Å². The quantitative estimate of drug-likeness (QED) is 0.512. The molecule has 5 rings (SSSR count). The van der Waals surface area contributed by atoms with Gasteiger partial charge in [0, 0.05) is 46.2 Å². The van der Waals surface area contributed by atoms with Crippen molar-refractivity contribution in [2.75, 3.05) is 25.5 Å². The first-order valence-corrected chi connectivity index (χ1v) is 13.2. The van der Waals surface area contributed by atoms with E-state index in [0.717, 1.165) is 41.6 Å². The zero-order valence-corrected chi connectivity index (χ0v) is 20.7. The molecule has 2 aliphatic rings. The molecule has 2 atom stereocenters. The molecule has 1 aliphatic carbocycles. The third kappa shape index (κ3) is 4.74. The molecular weight excluding hydrogens is 446 g/mol. The molecule has 7 nitrogen and oxygen atoms in total. The van der Waals surface area contributed by atoms with Gasteiger partial charge < -0.3 is 20.5 Å². The standard InChI is InChI=1S/C26H33N5O2S/c1-16-13-18-19(22-9-6-12-34-22)14-27-24(23(18)30-25(16)32)29-21-10-11-31(2)15-20(21)26(33)28-17-7-4-3-5-8-17/h6,9,12-14,17,20-21H,3-5,7-8,10-11,15H2,1-2H3,(H,27,29)(H,28,33)(H,30,32)/t20-,21-/m1/s1. The molecule has 0 spiro atoms. The van der Waals surface area contributed by atoms with Gasteiger partial charge in [-0.25, -0.2) is 4.98 Å². The number of carbonyl (C=O) groups is 1. The van der Waals surface area contributed by atoms with Crippen LogP contribution in [-0.4, -0.2) is 53.0 Å². The molecule has 3 aromatic heterocycles. The van der Waals surface area contributed by atoms with E-state index >= 15 is 0 Å². The number of pyridine rings is 2. The summed E-state index contributed by atoms with van der Waals surface area (Å²) >= 11 is 1.65. The number of anilines is 1.